The molecule has 0 spiro atoms. The number of amides is 3. The fourth-order valence-corrected chi connectivity index (χ4v) is 1.85. The molecular formula is C18H26N2O5. The Balaban J connectivity index is 2.51. The third kappa shape index (κ3) is 7.69. The Labute approximate surface area is 148 Å². The lowest BCUT2D eigenvalue weighted by atomic mass is 10.1. The van der Waals surface area contributed by atoms with Crippen LogP contribution in [0.4, 0.5) is 4.79 Å². The van der Waals surface area contributed by atoms with Crippen molar-refractivity contribution in [2.75, 3.05) is 0 Å². The highest BCUT2D eigenvalue weighted by atomic mass is 16.6. The molecular weight excluding hydrogens is 324 g/mol. The molecule has 0 radical (unpaired) electrons. The second-order valence-electron chi connectivity index (χ2n) is 6.85. The number of carbonyl (C=O) groups is 3. The fraction of sp³-hybridized carbons (Fsp3) is 0.500. The van der Waals surface area contributed by atoms with Gasteiger partial charge in [-0.2, -0.15) is 0 Å². The van der Waals surface area contributed by atoms with Gasteiger partial charge in [0, 0.05) is 5.54 Å². The van der Waals surface area contributed by atoms with Crippen molar-refractivity contribution >= 4 is 17.9 Å². The standard InChI is InChI=1S/C18H26N2O5/c1-11-8-7-9-14(10-11)24-13(3)16(22)25-12(2)15(21)19-17(23)20-18(4,5)6/h7-10,12-13H,1-6H3,(H2,19,20,21,23)/t12-,13+/m0/s1. The topological polar surface area (TPSA) is 93.7 Å². The average molecular weight is 350 g/mol. The molecule has 0 unspecified atom stereocenters. The number of ether oxygens (including phenoxy) is 2. The van der Waals surface area contributed by atoms with Gasteiger partial charge in [-0.15, -0.1) is 0 Å². The van der Waals surface area contributed by atoms with Gasteiger partial charge in [-0.05, 0) is 59.2 Å². The van der Waals surface area contributed by atoms with E-state index in [1.807, 2.05) is 19.1 Å². The smallest absolute Gasteiger partial charge is 0.347 e. The summed E-state index contributed by atoms with van der Waals surface area (Å²) in [4.78, 5) is 35.6. The van der Waals surface area contributed by atoms with E-state index in [0.717, 1.165) is 5.56 Å². The molecule has 0 bridgehead atoms. The number of hydrogen-bond acceptors (Lipinski definition) is 5. The van der Waals surface area contributed by atoms with Gasteiger partial charge in [0.2, 0.25) is 0 Å². The van der Waals surface area contributed by atoms with Crippen LogP contribution in [-0.4, -0.2) is 35.7 Å². The lowest BCUT2D eigenvalue weighted by Gasteiger charge is -2.21. The van der Waals surface area contributed by atoms with Gasteiger partial charge in [-0.1, -0.05) is 12.1 Å². The number of benzene rings is 1. The zero-order valence-electron chi connectivity index (χ0n) is 15.5. The number of nitrogens with one attached hydrogen (secondary N) is 2. The number of esters is 1. The van der Waals surface area contributed by atoms with Gasteiger partial charge in [-0.25, -0.2) is 9.59 Å². The van der Waals surface area contributed by atoms with Crippen molar-refractivity contribution in [1.82, 2.24) is 10.6 Å². The zero-order chi connectivity index (χ0) is 19.2. The molecule has 138 valence electrons. The quantitative estimate of drug-likeness (QED) is 0.795. The van der Waals surface area contributed by atoms with E-state index in [9.17, 15) is 14.4 Å². The van der Waals surface area contributed by atoms with Gasteiger partial charge in [0.15, 0.2) is 12.2 Å². The Kier molecular flexibility index (Phi) is 6.97. The number of rotatable bonds is 5. The van der Waals surface area contributed by atoms with Gasteiger partial charge in [0.25, 0.3) is 5.91 Å². The molecule has 0 aliphatic rings. The number of imide groups is 1. The molecule has 0 aliphatic carbocycles. The molecule has 0 saturated heterocycles. The van der Waals surface area contributed by atoms with Crippen LogP contribution in [0.3, 0.4) is 0 Å². The minimum Gasteiger partial charge on any atom is -0.479 e. The van der Waals surface area contributed by atoms with E-state index >= 15 is 0 Å². The van der Waals surface area contributed by atoms with Crippen LogP contribution >= 0.6 is 0 Å². The molecule has 7 heteroatoms. The Bertz CT molecular complexity index is 637. The maximum Gasteiger partial charge on any atom is 0.347 e. The van der Waals surface area contributed by atoms with Crippen LogP contribution in [0.2, 0.25) is 0 Å². The van der Waals surface area contributed by atoms with Crippen LogP contribution < -0.4 is 15.4 Å². The first-order valence-corrected chi connectivity index (χ1v) is 8.05. The van der Waals surface area contributed by atoms with Crippen LogP contribution in [-0.2, 0) is 14.3 Å². The summed E-state index contributed by atoms with van der Waals surface area (Å²) in [6.07, 6.45) is -2.01. The molecule has 3 amide bonds. The Morgan fingerprint density at radius 1 is 1.08 bits per heavy atom. The van der Waals surface area contributed by atoms with E-state index in [1.165, 1.54) is 13.8 Å². The van der Waals surface area contributed by atoms with E-state index in [1.54, 1.807) is 32.9 Å². The molecule has 2 atom stereocenters. The molecule has 7 nitrogen and oxygen atoms in total. The van der Waals surface area contributed by atoms with Gasteiger partial charge >= 0.3 is 12.0 Å². The molecule has 25 heavy (non-hydrogen) atoms. The monoisotopic (exact) mass is 350 g/mol. The predicted molar refractivity (Wildman–Crippen MR) is 93.3 cm³/mol. The normalized spacial score (nSPS) is 13.4. The Morgan fingerprint density at radius 2 is 1.72 bits per heavy atom. The van der Waals surface area contributed by atoms with E-state index in [-0.39, 0.29) is 0 Å². The molecule has 1 aromatic rings. The number of urea groups is 1. The summed E-state index contributed by atoms with van der Waals surface area (Å²) >= 11 is 0. The second-order valence-corrected chi connectivity index (χ2v) is 6.85. The predicted octanol–water partition coefficient (Wildman–Crippen LogP) is 2.32. The van der Waals surface area contributed by atoms with Crippen LogP contribution in [0.1, 0.15) is 40.2 Å². The highest BCUT2D eigenvalue weighted by molar-refractivity contribution is 5.97. The molecule has 0 saturated carbocycles. The number of hydrogen-bond donors (Lipinski definition) is 2. The van der Waals surface area contributed by atoms with Crippen LogP contribution in [0, 0.1) is 6.92 Å². The summed E-state index contributed by atoms with van der Waals surface area (Å²) in [5.41, 5.74) is 0.510. The van der Waals surface area contributed by atoms with Crippen molar-refractivity contribution in [1.29, 1.82) is 0 Å². The van der Waals surface area contributed by atoms with Gasteiger partial charge in [0.1, 0.15) is 5.75 Å². The molecule has 0 heterocycles. The Morgan fingerprint density at radius 3 is 2.28 bits per heavy atom. The average Bonchev–Trinajstić information content (AvgIpc) is 2.44. The minimum absolute atomic E-state index is 0.486. The molecule has 1 rings (SSSR count). The molecule has 0 fully saturated rings. The van der Waals surface area contributed by atoms with Crippen molar-refractivity contribution in [2.24, 2.45) is 0 Å². The van der Waals surface area contributed by atoms with Crippen molar-refractivity contribution < 1.29 is 23.9 Å². The van der Waals surface area contributed by atoms with Crippen molar-refractivity contribution in [3.63, 3.8) is 0 Å². The Hall–Kier alpha value is -2.57. The lowest BCUT2D eigenvalue weighted by molar-refractivity contribution is -0.160. The summed E-state index contributed by atoms with van der Waals surface area (Å²) in [5.74, 6) is -0.871. The first kappa shape index (κ1) is 20.5. The summed E-state index contributed by atoms with van der Waals surface area (Å²) in [5, 5.41) is 4.71. The van der Waals surface area contributed by atoms with Crippen LogP contribution in [0.5, 0.6) is 5.75 Å². The number of carbonyl (C=O) groups excluding carboxylic acids is 3. The summed E-state index contributed by atoms with van der Waals surface area (Å²) in [7, 11) is 0. The minimum atomic E-state index is -1.12. The summed E-state index contributed by atoms with van der Waals surface area (Å²) in [6.45, 7) is 10.2. The van der Waals surface area contributed by atoms with Crippen LogP contribution in [0.15, 0.2) is 24.3 Å². The molecule has 0 aliphatic heterocycles. The largest absolute Gasteiger partial charge is 0.479 e. The molecule has 0 aromatic heterocycles. The number of aryl methyl sites for hydroxylation is 1. The van der Waals surface area contributed by atoms with Gasteiger partial charge < -0.3 is 14.8 Å². The van der Waals surface area contributed by atoms with E-state index in [2.05, 4.69) is 10.6 Å². The third-order valence-electron chi connectivity index (χ3n) is 3.02. The third-order valence-corrected chi connectivity index (χ3v) is 3.02. The maximum atomic E-state index is 12.0. The van der Waals surface area contributed by atoms with Crippen LogP contribution in [0.25, 0.3) is 0 Å². The van der Waals surface area contributed by atoms with E-state index in [4.69, 9.17) is 9.47 Å². The molecule has 2 N–H and O–H groups in total. The summed E-state index contributed by atoms with van der Waals surface area (Å²) < 4.78 is 10.6. The van der Waals surface area contributed by atoms with Crippen molar-refractivity contribution in [3.8, 4) is 5.75 Å². The first-order valence-electron chi connectivity index (χ1n) is 8.05. The van der Waals surface area contributed by atoms with E-state index in [0.29, 0.717) is 5.75 Å². The highest BCUT2D eigenvalue weighted by Crippen LogP contribution is 2.15. The summed E-state index contributed by atoms with van der Waals surface area (Å²) in [6, 6.07) is 6.59. The SMILES string of the molecule is Cc1cccc(O[C@H](C)C(=O)O[C@@H](C)C(=O)NC(=O)NC(C)(C)C)c1. The second kappa shape index (κ2) is 8.50. The van der Waals surface area contributed by atoms with Gasteiger partial charge in [-0.3, -0.25) is 10.1 Å². The van der Waals surface area contributed by atoms with Gasteiger partial charge in [0.05, 0.1) is 0 Å². The molecule has 1 aromatic carbocycles. The van der Waals surface area contributed by atoms with Crippen molar-refractivity contribution in [2.45, 2.75) is 59.3 Å². The van der Waals surface area contributed by atoms with Crippen molar-refractivity contribution in [3.05, 3.63) is 29.8 Å². The van der Waals surface area contributed by atoms with E-state index < -0.39 is 35.7 Å². The maximum absolute atomic E-state index is 12.0. The fourth-order valence-electron chi connectivity index (χ4n) is 1.85. The first-order chi connectivity index (χ1) is 11.5. The lowest BCUT2D eigenvalue weighted by Crippen LogP contribution is -2.51. The zero-order valence-corrected chi connectivity index (χ0v) is 15.5. The highest BCUT2D eigenvalue weighted by Gasteiger charge is 2.25.